The summed E-state index contributed by atoms with van der Waals surface area (Å²) in [6.45, 7) is 1.11. The number of Topliss-reactive ketones (excluding diaryl/α,β-unsaturated/α-hetero) is 1. The summed E-state index contributed by atoms with van der Waals surface area (Å²) in [7, 11) is 1.07. The maximum absolute atomic E-state index is 11.4. The third-order valence-corrected chi connectivity index (χ3v) is 3.79. The molecule has 0 aromatic carbocycles. The number of halogens is 1. The van der Waals surface area contributed by atoms with Crippen LogP contribution in [0.4, 0.5) is 0 Å². The Morgan fingerprint density at radius 3 is 2.24 bits per heavy atom. The lowest BCUT2D eigenvalue weighted by molar-refractivity contribution is -0.233. The highest BCUT2D eigenvalue weighted by Crippen LogP contribution is 2.36. The van der Waals surface area contributed by atoms with Crippen LogP contribution in [0.25, 0.3) is 0 Å². The number of hydrogen-bond donors (Lipinski definition) is 3. The summed E-state index contributed by atoms with van der Waals surface area (Å²) in [5.41, 5.74) is 0. The highest BCUT2D eigenvalue weighted by atomic mass is 79.9. The molecule has 1 heterocycles. The Balaban J connectivity index is 3.06. The number of ketones is 1. The van der Waals surface area contributed by atoms with Crippen molar-refractivity contribution < 1.29 is 34.4 Å². The van der Waals surface area contributed by atoms with E-state index in [-0.39, 0.29) is 0 Å². The van der Waals surface area contributed by atoms with E-state index in [0.717, 1.165) is 14.0 Å². The average molecular weight is 313 g/mol. The number of aliphatic hydroxyl groups is 3. The van der Waals surface area contributed by atoms with Gasteiger partial charge in [0.15, 0.2) is 11.9 Å². The van der Waals surface area contributed by atoms with Crippen molar-refractivity contribution in [2.45, 2.75) is 35.8 Å². The molecular weight excluding hydrogens is 300 g/mol. The summed E-state index contributed by atoms with van der Waals surface area (Å²) in [5.74, 6) is -1.60. The number of esters is 1. The fourth-order valence-electron chi connectivity index (χ4n) is 1.50. The fourth-order valence-corrected chi connectivity index (χ4v) is 1.98. The lowest BCUT2D eigenvalue weighted by atomic mass is 9.93. The first kappa shape index (κ1) is 14.5. The van der Waals surface area contributed by atoms with Gasteiger partial charge in [0.05, 0.1) is 7.11 Å². The Hall–Kier alpha value is -0.540. The molecule has 0 spiro atoms. The molecule has 1 aliphatic heterocycles. The van der Waals surface area contributed by atoms with Gasteiger partial charge in [-0.15, -0.1) is 0 Å². The zero-order valence-corrected chi connectivity index (χ0v) is 10.7. The van der Waals surface area contributed by atoms with E-state index in [1.54, 1.807) is 0 Å². The van der Waals surface area contributed by atoms with E-state index in [4.69, 9.17) is 4.74 Å². The van der Waals surface area contributed by atoms with E-state index in [0.29, 0.717) is 0 Å². The molecule has 0 radical (unpaired) electrons. The zero-order valence-electron chi connectivity index (χ0n) is 9.16. The van der Waals surface area contributed by atoms with E-state index < -0.39 is 40.7 Å². The third-order valence-electron chi connectivity index (χ3n) is 2.58. The van der Waals surface area contributed by atoms with Crippen molar-refractivity contribution in [3.63, 3.8) is 0 Å². The first-order valence-electron chi connectivity index (χ1n) is 4.75. The van der Waals surface area contributed by atoms with Crippen molar-refractivity contribution in [3.05, 3.63) is 0 Å². The standard InChI is InChI=1S/C9H13BrO7/c1-3(11)9(10)7(14)5(13)4(12)6(17-9)8(15)16-2/h4-7,12-14H,1-2H3/t4-,5-,6-,7+,9-/m0/s1. The summed E-state index contributed by atoms with van der Waals surface area (Å²) in [5, 5.41) is 28.8. The van der Waals surface area contributed by atoms with Gasteiger partial charge < -0.3 is 24.8 Å². The first-order chi connectivity index (χ1) is 7.75. The number of carbonyl (C=O) groups excluding carboxylic acids is 2. The van der Waals surface area contributed by atoms with Gasteiger partial charge in [-0.05, 0) is 22.9 Å². The van der Waals surface area contributed by atoms with Gasteiger partial charge in [-0.2, -0.15) is 0 Å². The normalized spacial score (nSPS) is 42.0. The van der Waals surface area contributed by atoms with Gasteiger partial charge in [0.1, 0.15) is 18.3 Å². The summed E-state index contributed by atoms with van der Waals surface area (Å²) in [6.07, 6.45) is -6.64. The Morgan fingerprint density at radius 2 is 1.82 bits per heavy atom. The summed E-state index contributed by atoms with van der Waals surface area (Å²) >= 11 is 2.83. The van der Waals surface area contributed by atoms with Gasteiger partial charge in [-0.1, -0.05) is 0 Å². The predicted octanol–water partition coefficient (Wildman–Crippen LogP) is -1.68. The molecule has 0 aromatic heterocycles. The average Bonchev–Trinajstić information content (AvgIpc) is 2.30. The molecule has 98 valence electrons. The maximum Gasteiger partial charge on any atom is 0.337 e. The minimum Gasteiger partial charge on any atom is -0.467 e. The summed E-state index contributed by atoms with van der Waals surface area (Å²) in [6, 6.07) is 0. The molecule has 7 nitrogen and oxygen atoms in total. The number of alkyl halides is 1. The molecular formula is C9H13BrO7. The molecule has 0 amide bonds. The Bertz CT molecular complexity index is 333. The van der Waals surface area contributed by atoms with Gasteiger partial charge in [0.2, 0.25) is 4.51 Å². The molecule has 8 heteroatoms. The van der Waals surface area contributed by atoms with Crippen molar-refractivity contribution >= 4 is 27.7 Å². The topological polar surface area (TPSA) is 113 Å². The molecule has 0 bridgehead atoms. The highest BCUT2D eigenvalue weighted by molar-refractivity contribution is 9.10. The Morgan fingerprint density at radius 1 is 1.29 bits per heavy atom. The molecule has 0 saturated carbocycles. The Labute approximate surface area is 105 Å². The van der Waals surface area contributed by atoms with E-state index in [2.05, 4.69) is 20.7 Å². The van der Waals surface area contributed by atoms with Crippen LogP contribution in [0.3, 0.4) is 0 Å². The van der Waals surface area contributed by atoms with Gasteiger partial charge in [-0.25, -0.2) is 4.79 Å². The van der Waals surface area contributed by atoms with E-state index in [1.165, 1.54) is 0 Å². The van der Waals surface area contributed by atoms with E-state index >= 15 is 0 Å². The number of carbonyl (C=O) groups is 2. The van der Waals surface area contributed by atoms with Crippen molar-refractivity contribution in [1.29, 1.82) is 0 Å². The minimum atomic E-state index is -1.94. The maximum atomic E-state index is 11.4. The molecule has 17 heavy (non-hydrogen) atoms. The van der Waals surface area contributed by atoms with Crippen LogP contribution in [-0.2, 0) is 19.1 Å². The van der Waals surface area contributed by atoms with Gasteiger partial charge in [0, 0.05) is 0 Å². The number of ether oxygens (including phenoxy) is 2. The van der Waals surface area contributed by atoms with Gasteiger partial charge in [0.25, 0.3) is 0 Å². The quantitative estimate of drug-likeness (QED) is 0.412. The van der Waals surface area contributed by atoms with Crippen LogP contribution in [0.2, 0.25) is 0 Å². The lowest BCUT2D eigenvalue weighted by Gasteiger charge is -2.43. The number of methoxy groups -OCH3 is 1. The smallest absolute Gasteiger partial charge is 0.337 e. The van der Waals surface area contributed by atoms with Crippen molar-refractivity contribution in [2.24, 2.45) is 0 Å². The molecule has 0 unspecified atom stereocenters. The van der Waals surface area contributed by atoms with Crippen LogP contribution in [-0.4, -0.2) is 63.1 Å². The fraction of sp³-hybridized carbons (Fsp3) is 0.778. The molecule has 1 fully saturated rings. The second kappa shape index (κ2) is 4.99. The molecule has 0 aromatic rings. The van der Waals surface area contributed by atoms with Crippen molar-refractivity contribution in [2.75, 3.05) is 7.11 Å². The minimum absolute atomic E-state index is 0.648. The monoisotopic (exact) mass is 312 g/mol. The summed E-state index contributed by atoms with van der Waals surface area (Å²) in [4.78, 5) is 22.7. The molecule has 0 aliphatic carbocycles. The third kappa shape index (κ3) is 2.36. The predicted molar refractivity (Wildman–Crippen MR) is 57.2 cm³/mol. The van der Waals surface area contributed by atoms with Crippen LogP contribution >= 0.6 is 15.9 Å². The Kier molecular flexibility index (Phi) is 4.26. The largest absolute Gasteiger partial charge is 0.467 e. The summed E-state index contributed by atoms with van der Waals surface area (Å²) < 4.78 is 7.44. The molecule has 1 aliphatic rings. The molecule has 1 saturated heterocycles. The molecule has 1 rings (SSSR count). The second-order valence-corrected chi connectivity index (χ2v) is 4.87. The van der Waals surface area contributed by atoms with Crippen LogP contribution < -0.4 is 0 Å². The van der Waals surface area contributed by atoms with Crippen LogP contribution in [0.15, 0.2) is 0 Å². The molecule has 3 N–H and O–H groups in total. The number of aliphatic hydroxyl groups excluding tert-OH is 3. The van der Waals surface area contributed by atoms with E-state index in [9.17, 15) is 24.9 Å². The number of rotatable bonds is 2. The van der Waals surface area contributed by atoms with Crippen LogP contribution in [0.5, 0.6) is 0 Å². The number of hydrogen-bond acceptors (Lipinski definition) is 7. The van der Waals surface area contributed by atoms with Crippen molar-refractivity contribution in [3.8, 4) is 0 Å². The highest BCUT2D eigenvalue weighted by Gasteiger charge is 2.57. The SMILES string of the molecule is COC(=O)[C@H]1O[C@@](Br)(C(C)=O)[C@H](O)[C@@H](O)[C@@H]1O. The van der Waals surface area contributed by atoms with Crippen LogP contribution in [0, 0.1) is 0 Å². The first-order valence-corrected chi connectivity index (χ1v) is 5.54. The van der Waals surface area contributed by atoms with Gasteiger partial charge in [-0.3, -0.25) is 4.79 Å². The van der Waals surface area contributed by atoms with Crippen LogP contribution in [0.1, 0.15) is 6.92 Å². The molecule has 5 atom stereocenters. The van der Waals surface area contributed by atoms with Crippen molar-refractivity contribution in [1.82, 2.24) is 0 Å². The zero-order chi connectivity index (χ0) is 13.4. The second-order valence-electron chi connectivity index (χ2n) is 3.69. The lowest BCUT2D eigenvalue weighted by Crippen LogP contribution is -2.66. The van der Waals surface area contributed by atoms with Gasteiger partial charge >= 0.3 is 5.97 Å². The van der Waals surface area contributed by atoms with E-state index in [1.807, 2.05) is 0 Å².